The van der Waals surface area contributed by atoms with E-state index in [4.69, 9.17) is 4.98 Å². The van der Waals surface area contributed by atoms with E-state index in [1.54, 1.807) is 6.33 Å². The van der Waals surface area contributed by atoms with Crippen LogP contribution in [0, 0.1) is 0 Å². The molecule has 2 heterocycles. The van der Waals surface area contributed by atoms with Gasteiger partial charge >= 0.3 is 0 Å². The molecule has 25 heavy (non-hydrogen) atoms. The van der Waals surface area contributed by atoms with Crippen molar-refractivity contribution in [3.63, 3.8) is 0 Å². The Morgan fingerprint density at radius 2 is 1.44 bits per heavy atom. The molecule has 0 aliphatic rings. The summed E-state index contributed by atoms with van der Waals surface area (Å²) >= 11 is 0. The molecule has 0 radical (unpaired) electrons. The highest BCUT2D eigenvalue weighted by Crippen LogP contribution is 2.36. The average Bonchev–Trinajstić information content (AvgIpc) is 2.66. The first-order valence-corrected chi connectivity index (χ1v) is 8.24. The van der Waals surface area contributed by atoms with Crippen LogP contribution in [-0.4, -0.2) is 29.0 Å². The molecule has 5 aromatic rings. The lowest BCUT2D eigenvalue weighted by Crippen LogP contribution is -2.07. The SMILES string of the molecule is CN(C)c1ccc(-c2ncc3ccc4ncnc5ccc2c3c45)cc1. The molecule has 0 unspecified atom stereocenters. The van der Waals surface area contributed by atoms with Crippen molar-refractivity contribution in [2.75, 3.05) is 19.0 Å². The Labute approximate surface area is 145 Å². The maximum Gasteiger partial charge on any atom is 0.116 e. The summed E-state index contributed by atoms with van der Waals surface area (Å²) in [5, 5.41) is 4.57. The van der Waals surface area contributed by atoms with Crippen LogP contribution in [-0.2, 0) is 0 Å². The summed E-state index contributed by atoms with van der Waals surface area (Å²) in [5.74, 6) is 0. The number of benzene rings is 3. The number of hydrogen-bond donors (Lipinski definition) is 0. The van der Waals surface area contributed by atoms with Crippen molar-refractivity contribution in [2.24, 2.45) is 0 Å². The summed E-state index contributed by atoms with van der Waals surface area (Å²) in [7, 11) is 4.09. The summed E-state index contributed by atoms with van der Waals surface area (Å²) in [5.41, 5.74) is 5.24. The van der Waals surface area contributed by atoms with Crippen molar-refractivity contribution >= 4 is 38.3 Å². The zero-order chi connectivity index (χ0) is 17.0. The predicted octanol–water partition coefficient (Wildman–Crippen LogP) is 4.50. The summed E-state index contributed by atoms with van der Waals surface area (Å²) in [6.45, 7) is 0. The van der Waals surface area contributed by atoms with E-state index < -0.39 is 0 Å². The maximum absolute atomic E-state index is 4.75. The lowest BCUT2D eigenvalue weighted by atomic mass is 9.96. The van der Waals surface area contributed by atoms with Gasteiger partial charge in [-0.3, -0.25) is 4.98 Å². The summed E-state index contributed by atoms with van der Waals surface area (Å²) in [6.07, 6.45) is 3.57. The van der Waals surface area contributed by atoms with Crippen molar-refractivity contribution in [3.05, 3.63) is 61.1 Å². The number of nitrogens with zero attached hydrogens (tertiary/aromatic N) is 4. The van der Waals surface area contributed by atoms with E-state index in [0.29, 0.717) is 0 Å². The average molecular weight is 324 g/mol. The Bertz CT molecular complexity index is 1190. The van der Waals surface area contributed by atoms with Crippen molar-refractivity contribution in [2.45, 2.75) is 0 Å². The highest BCUT2D eigenvalue weighted by molar-refractivity contribution is 6.23. The second-order valence-electron chi connectivity index (χ2n) is 6.48. The number of anilines is 1. The Morgan fingerprint density at radius 1 is 0.720 bits per heavy atom. The Balaban J connectivity index is 1.84. The number of pyridine rings is 1. The standard InChI is InChI=1S/C21H16N4/c1-25(2)15-6-3-13(4-7-15)21-16-8-10-18-20-17(23-12-24-18)9-5-14(11-22-21)19(16)20/h3-12H,1-2H3. The van der Waals surface area contributed by atoms with Gasteiger partial charge in [0.05, 0.1) is 16.7 Å². The first-order chi connectivity index (χ1) is 12.2. The van der Waals surface area contributed by atoms with Crippen LogP contribution in [0.1, 0.15) is 0 Å². The molecule has 0 aliphatic carbocycles. The molecule has 5 rings (SSSR count). The summed E-state index contributed by atoms with van der Waals surface area (Å²) in [6, 6.07) is 16.8. The molecule has 0 saturated heterocycles. The van der Waals surface area contributed by atoms with E-state index in [2.05, 4.69) is 57.3 Å². The monoisotopic (exact) mass is 324 g/mol. The molecule has 0 aliphatic heterocycles. The van der Waals surface area contributed by atoms with Gasteiger partial charge in [-0.15, -0.1) is 0 Å². The van der Waals surface area contributed by atoms with E-state index in [1.165, 1.54) is 11.1 Å². The molecule has 0 fully saturated rings. The van der Waals surface area contributed by atoms with Gasteiger partial charge in [-0.2, -0.15) is 0 Å². The molecule has 0 bridgehead atoms. The minimum absolute atomic E-state index is 0.975. The van der Waals surface area contributed by atoms with Crippen LogP contribution in [0.4, 0.5) is 5.69 Å². The summed E-state index contributed by atoms with van der Waals surface area (Å²) < 4.78 is 0. The number of hydrogen-bond acceptors (Lipinski definition) is 4. The predicted molar refractivity (Wildman–Crippen MR) is 103 cm³/mol. The molecular weight excluding hydrogens is 308 g/mol. The third-order valence-electron chi connectivity index (χ3n) is 4.79. The van der Waals surface area contributed by atoms with Crippen molar-refractivity contribution < 1.29 is 0 Å². The van der Waals surface area contributed by atoms with Crippen LogP contribution >= 0.6 is 0 Å². The van der Waals surface area contributed by atoms with Crippen molar-refractivity contribution in [3.8, 4) is 11.3 Å². The van der Waals surface area contributed by atoms with Gasteiger partial charge in [-0.1, -0.05) is 18.2 Å². The third-order valence-corrected chi connectivity index (χ3v) is 4.79. The van der Waals surface area contributed by atoms with Crippen LogP contribution in [0.3, 0.4) is 0 Å². The fourth-order valence-electron chi connectivity index (χ4n) is 3.51. The second kappa shape index (κ2) is 5.11. The highest BCUT2D eigenvalue weighted by Gasteiger charge is 2.14. The number of aromatic nitrogens is 3. The zero-order valence-corrected chi connectivity index (χ0v) is 14.1. The molecule has 0 amide bonds. The topological polar surface area (TPSA) is 41.9 Å². The van der Waals surface area contributed by atoms with Crippen molar-refractivity contribution in [1.82, 2.24) is 15.0 Å². The molecule has 0 N–H and O–H groups in total. The molecule has 0 atom stereocenters. The van der Waals surface area contributed by atoms with Gasteiger partial charge < -0.3 is 4.90 Å². The lowest BCUT2D eigenvalue weighted by molar-refractivity contribution is 1.13. The van der Waals surface area contributed by atoms with E-state index in [-0.39, 0.29) is 0 Å². The molecule has 120 valence electrons. The van der Waals surface area contributed by atoms with Gasteiger partial charge in [0.1, 0.15) is 6.33 Å². The highest BCUT2D eigenvalue weighted by atomic mass is 15.1. The Hall–Kier alpha value is -3.27. The fourth-order valence-corrected chi connectivity index (χ4v) is 3.51. The first kappa shape index (κ1) is 14.1. The van der Waals surface area contributed by atoms with Crippen LogP contribution in [0.25, 0.3) is 43.8 Å². The lowest BCUT2D eigenvalue weighted by Gasteiger charge is -2.14. The van der Waals surface area contributed by atoms with Crippen LogP contribution < -0.4 is 4.90 Å². The second-order valence-corrected chi connectivity index (χ2v) is 6.48. The first-order valence-electron chi connectivity index (χ1n) is 8.24. The van der Waals surface area contributed by atoms with Crippen LogP contribution in [0.15, 0.2) is 61.1 Å². The minimum Gasteiger partial charge on any atom is -0.378 e. The molecular formula is C21H16N4. The quantitative estimate of drug-likeness (QED) is 0.448. The fraction of sp³-hybridized carbons (Fsp3) is 0.0952. The molecule has 3 aromatic carbocycles. The van der Waals surface area contributed by atoms with Gasteiger partial charge in [0.25, 0.3) is 0 Å². The van der Waals surface area contributed by atoms with E-state index in [1.807, 2.05) is 26.4 Å². The van der Waals surface area contributed by atoms with E-state index in [9.17, 15) is 0 Å². The smallest absolute Gasteiger partial charge is 0.116 e. The van der Waals surface area contributed by atoms with Gasteiger partial charge in [-0.05, 0) is 30.3 Å². The normalized spacial score (nSPS) is 11.6. The van der Waals surface area contributed by atoms with Crippen LogP contribution in [0.5, 0.6) is 0 Å². The van der Waals surface area contributed by atoms with Crippen LogP contribution in [0.2, 0.25) is 0 Å². The molecule has 4 heteroatoms. The largest absolute Gasteiger partial charge is 0.378 e. The molecule has 2 aromatic heterocycles. The minimum atomic E-state index is 0.975. The van der Waals surface area contributed by atoms with E-state index in [0.717, 1.165) is 38.4 Å². The van der Waals surface area contributed by atoms with Gasteiger partial charge in [0, 0.05) is 53.1 Å². The summed E-state index contributed by atoms with van der Waals surface area (Å²) in [4.78, 5) is 15.7. The van der Waals surface area contributed by atoms with Gasteiger partial charge in [-0.25, -0.2) is 9.97 Å². The van der Waals surface area contributed by atoms with Gasteiger partial charge in [0.15, 0.2) is 0 Å². The number of rotatable bonds is 2. The maximum atomic E-state index is 4.75. The Kier molecular flexibility index (Phi) is 2.88. The van der Waals surface area contributed by atoms with Gasteiger partial charge in [0.2, 0.25) is 0 Å². The third kappa shape index (κ3) is 2.04. The van der Waals surface area contributed by atoms with E-state index >= 15 is 0 Å². The molecule has 0 spiro atoms. The molecule has 4 nitrogen and oxygen atoms in total. The zero-order valence-electron chi connectivity index (χ0n) is 14.1. The van der Waals surface area contributed by atoms with Crippen molar-refractivity contribution in [1.29, 1.82) is 0 Å². The molecule has 0 saturated carbocycles. The Morgan fingerprint density at radius 3 is 2.16 bits per heavy atom.